The van der Waals surface area contributed by atoms with E-state index in [4.69, 9.17) is 17.3 Å². The number of alkyl halides is 1. The van der Waals surface area contributed by atoms with Gasteiger partial charge in [0.25, 0.3) is 5.91 Å². The number of aromatic nitrogens is 2. The fraction of sp³-hybridized carbons (Fsp3) is 0.0417. The van der Waals surface area contributed by atoms with Gasteiger partial charge in [0.2, 0.25) is 0 Å². The number of carbonyl (C=O) groups is 1. The molecule has 166 valence electrons. The van der Waals surface area contributed by atoms with E-state index in [2.05, 4.69) is 20.6 Å². The average Bonchev–Trinajstić information content (AvgIpc) is 2.81. The van der Waals surface area contributed by atoms with E-state index >= 15 is 0 Å². The van der Waals surface area contributed by atoms with Crippen LogP contribution in [0.1, 0.15) is 15.9 Å². The predicted molar refractivity (Wildman–Crippen MR) is 127 cm³/mol. The monoisotopic (exact) mass is 463 g/mol. The van der Waals surface area contributed by atoms with E-state index in [9.17, 15) is 14.3 Å². The van der Waals surface area contributed by atoms with Gasteiger partial charge in [-0.05, 0) is 60.7 Å². The first kappa shape index (κ1) is 22.0. The molecule has 0 atom stereocenters. The Morgan fingerprint density at radius 2 is 1.94 bits per heavy atom. The molecule has 4 rings (SSSR count). The lowest BCUT2D eigenvalue weighted by Crippen LogP contribution is -2.15. The number of benzene rings is 2. The molecule has 4 aromatic rings. The van der Waals surface area contributed by atoms with Gasteiger partial charge < -0.3 is 21.5 Å². The maximum Gasteiger partial charge on any atom is 0.259 e. The Balaban J connectivity index is 1.60. The van der Waals surface area contributed by atoms with Crippen molar-refractivity contribution in [1.82, 2.24) is 9.97 Å². The second-order valence-electron chi connectivity index (χ2n) is 7.12. The summed E-state index contributed by atoms with van der Waals surface area (Å²) in [6, 6.07) is 16.2. The molecular weight excluding hydrogens is 445 g/mol. The molecule has 9 heteroatoms. The molecule has 2 aromatic heterocycles. The van der Waals surface area contributed by atoms with Gasteiger partial charge in [-0.1, -0.05) is 11.6 Å². The zero-order valence-corrected chi connectivity index (χ0v) is 18.0. The number of nitrogens with zero attached hydrogens (tertiary/aromatic N) is 2. The lowest BCUT2D eigenvalue weighted by atomic mass is 10.1. The second-order valence-corrected chi connectivity index (χ2v) is 7.55. The van der Waals surface area contributed by atoms with Crippen LogP contribution in [0.5, 0.6) is 5.75 Å². The Morgan fingerprint density at radius 1 is 1.09 bits per heavy atom. The Bertz CT molecular complexity index is 1320. The third-order valence-corrected chi connectivity index (χ3v) is 5.09. The number of hydrogen-bond donors (Lipinski definition) is 4. The molecule has 2 heterocycles. The highest BCUT2D eigenvalue weighted by Gasteiger charge is 2.15. The number of nitrogens with one attached hydrogen (secondary N) is 2. The number of carbonyl (C=O) groups excluding carboxylic acids is 1. The second kappa shape index (κ2) is 9.54. The minimum Gasteiger partial charge on any atom is -0.507 e. The fourth-order valence-electron chi connectivity index (χ4n) is 3.22. The van der Waals surface area contributed by atoms with Crippen molar-refractivity contribution in [2.45, 2.75) is 6.67 Å². The number of amides is 1. The van der Waals surface area contributed by atoms with E-state index in [1.807, 2.05) is 0 Å². The normalized spacial score (nSPS) is 10.6. The van der Waals surface area contributed by atoms with Crippen LogP contribution in [0.2, 0.25) is 5.02 Å². The van der Waals surface area contributed by atoms with E-state index in [-0.39, 0.29) is 17.1 Å². The summed E-state index contributed by atoms with van der Waals surface area (Å²) in [7, 11) is 0. The predicted octanol–water partition coefficient (Wildman–Crippen LogP) is 5.55. The number of phenols is 1. The third-order valence-electron chi connectivity index (χ3n) is 4.85. The van der Waals surface area contributed by atoms with Gasteiger partial charge in [-0.25, -0.2) is 9.37 Å². The van der Waals surface area contributed by atoms with Gasteiger partial charge in [0.15, 0.2) is 0 Å². The van der Waals surface area contributed by atoms with Crippen LogP contribution in [0, 0.1) is 0 Å². The molecular formula is C24H19ClFN5O2. The summed E-state index contributed by atoms with van der Waals surface area (Å²) in [5, 5.41) is 16.6. The van der Waals surface area contributed by atoms with Crippen molar-refractivity contribution in [3.8, 4) is 17.0 Å². The number of aromatic hydroxyl groups is 1. The molecule has 0 aliphatic rings. The smallest absolute Gasteiger partial charge is 0.259 e. The maximum atomic E-state index is 13.4. The number of nitrogens with two attached hydrogens (primary N) is 1. The van der Waals surface area contributed by atoms with Crippen molar-refractivity contribution in [3.63, 3.8) is 0 Å². The van der Waals surface area contributed by atoms with Crippen LogP contribution in [0.25, 0.3) is 11.3 Å². The van der Waals surface area contributed by atoms with Gasteiger partial charge >= 0.3 is 0 Å². The molecule has 1 amide bonds. The van der Waals surface area contributed by atoms with Crippen LogP contribution in [0.15, 0.2) is 73.1 Å². The van der Waals surface area contributed by atoms with Gasteiger partial charge in [-0.15, -0.1) is 0 Å². The van der Waals surface area contributed by atoms with Gasteiger partial charge in [0, 0.05) is 33.7 Å². The number of rotatable bonds is 6. The van der Waals surface area contributed by atoms with Gasteiger partial charge in [0.05, 0.1) is 23.1 Å². The molecule has 0 radical (unpaired) electrons. The Kier molecular flexibility index (Phi) is 6.37. The van der Waals surface area contributed by atoms with Crippen LogP contribution in [-0.2, 0) is 6.67 Å². The third kappa shape index (κ3) is 5.02. The zero-order valence-electron chi connectivity index (χ0n) is 17.2. The largest absolute Gasteiger partial charge is 0.507 e. The first-order valence-electron chi connectivity index (χ1n) is 9.87. The van der Waals surface area contributed by atoms with Crippen molar-refractivity contribution >= 4 is 40.4 Å². The van der Waals surface area contributed by atoms with E-state index < -0.39 is 12.6 Å². The molecule has 0 saturated carbocycles. The topological polar surface area (TPSA) is 113 Å². The van der Waals surface area contributed by atoms with E-state index in [0.717, 1.165) is 0 Å². The molecule has 2 aromatic carbocycles. The fourth-order valence-corrected chi connectivity index (χ4v) is 3.42. The standard InChI is InChI=1S/C24H19ClFN5O2/c25-15-3-6-20(14(10-15)12-26)29-16-4-8-22(32)19(11-16)21-7-5-18(23(27)31-21)24(33)30-17-2-1-9-28-13-17/h1-11,13,29,32H,12H2,(H2,27,31)(H,30,33). The molecule has 0 saturated heterocycles. The van der Waals surface area contributed by atoms with Crippen LogP contribution in [0.3, 0.4) is 0 Å². The lowest BCUT2D eigenvalue weighted by Gasteiger charge is -2.13. The summed E-state index contributed by atoms with van der Waals surface area (Å²) in [5.41, 5.74) is 9.06. The molecule has 0 aliphatic heterocycles. The molecule has 0 aliphatic carbocycles. The Hall–Kier alpha value is -4.17. The summed E-state index contributed by atoms with van der Waals surface area (Å²) < 4.78 is 13.4. The van der Waals surface area contributed by atoms with Gasteiger partial charge in [0.1, 0.15) is 18.2 Å². The van der Waals surface area contributed by atoms with Crippen molar-refractivity contribution in [2.24, 2.45) is 0 Å². The minimum absolute atomic E-state index is 0.00377. The Morgan fingerprint density at radius 3 is 2.67 bits per heavy atom. The quantitative estimate of drug-likeness (QED) is 0.279. The number of hydrogen-bond acceptors (Lipinski definition) is 6. The van der Waals surface area contributed by atoms with Crippen molar-refractivity contribution < 1.29 is 14.3 Å². The van der Waals surface area contributed by atoms with E-state index in [0.29, 0.717) is 38.9 Å². The molecule has 0 unspecified atom stereocenters. The summed E-state index contributed by atoms with van der Waals surface area (Å²) in [4.78, 5) is 20.8. The van der Waals surface area contributed by atoms with Crippen LogP contribution in [-0.4, -0.2) is 21.0 Å². The SMILES string of the molecule is Nc1nc(-c2cc(Nc3ccc(Cl)cc3CF)ccc2O)ccc1C(=O)Nc1cccnc1. The van der Waals surface area contributed by atoms with Gasteiger partial charge in [-0.3, -0.25) is 9.78 Å². The molecule has 0 bridgehead atoms. The summed E-state index contributed by atoms with van der Waals surface area (Å²) in [6.45, 7) is -0.686. The highest BCUT2D eigenvalue weighted by atomic mass is 35.5. The Labute approximate surface area is 194 Å². The van der Waals surface area contributed by atoms with Crippen LogP contribution in [0.4, 0.5) is 27.3 Å². The maximum absolute atomic E-state index is 13.4. The number of halogens is 2. The number of anilines is 4. The molecule has 33 heavy (non-hydrogen) atoms. The summed E-state index contributed by atoms with van der Waals surface area (Å²) in [6.07, 6.45) is 3.11. The lowest BCUT2D eigenvalue weighted by molar-refractivity contribution is 0.102. The van der Waals surface area contributed by atoms with Crippen molar-refractivity contribution in [3.05, 3.63) is 89.2 Å². The first-order chi connectivity index (χ1) is 15.9. The number of nitrogen functional groups attached to an aromatic ring is 1. The van der Waals surface area contributed by atoms with Gasteiger partial charge in [-0.2, -0.15) is 0 Å². The van der Waals surface area contributed by atoms with E-state index in [1.54, 1.807) is 54.7 Å². The zero-order chi connectivity index (χ0) is 23.4. The summed E-state index contributed by atoms with van der Waals surface area (Å²) >= 11 is 5.94. The molecule has 0 spiro atoms. The van der Waals surface area contributed by atoms with Crippen molar-refractivity contribution in [2.75, 3.05) is 16.4 Å². The summed E-state index contributed by atoms with van der Waals surface area (Å²) in [5.74, 6) is -0.452. The highest BCUT2D eigenvalue weighted by molar-refractivity contribution is 6.30. The number of phenolic OH excluding ortho intramolecular Hbond substituents is 1. The molecule has 5 N–H and O–H groups in total. The molecule has 7 nitrogen and oxygen atoms in total. The van der Waals surface area contributed by atoms with E-state index in [1.165, 1.54) is 18.3 Å². The van der Waals surface area contributed by atoms with Crippen molar-refractivity contribution in [1.29, 1.82) is 0 Å². The minimum atomic E-state index is -0.686. The highest BCUT2D eigenvalue weighted by Crippen LogP contribution is 2.34. The van der Waals surface area contributed by atoms with Crippen LogP contribution >= 0.6 is 11.6 Å². The molecule has 0 fully saturated rings. The number of pyridine rings is 2. The van der Waals surface area contributed by atoms with Crippen LogP contribution < -0.4 is 16.4 Å². The average molecular weight is 464 g/mol. The first-order valence-corrected chi connectivity index (χ1v) is 10.2.